The van der Waals surface area contributed by atoms with E-state index in [1.165, 1.54) is 40.4 Å². The summed E-state index contributed by atoms with van der Waals surface area (Å²) in [7, 11) is 0. The summed E-state index contributed by atoms with van der Waals surface area (Å²) in [5, 5.41) is 9.93. The normalized spacial score (nSPS) is 11.8. The lowest BCUT2D eigenvalue weighted by molar-refractivity contribution is -0.137. The smallest absolute Gasteiger partial charge is 0.352 e. The highest BCUT2D eigenvalue weighted by molar-refractivity contribution is 5.98. The highest BCUT2D eigenvalue weighted by Crippen LogP contribution is 2.32. The molecule has 182 valence electrons. The van der Waals surface area contributed by atoms with Crippen LogP contribution >= 0.6 is 0 Å². The lowest BCUT2D eigenvalue weighted by Gasteiger charge is -2.08. The van der Waals surface area contributed by atoms with E-state index in [2.05, 4.69) is 20.6 Å². The van der Waals surface area contributed by atoms with Crippen molar-refractivity contribution in [2.45, 2.75) is 19.0 Å². The third-order valence-corrected chi connectivity index (χ3v) is 5.86. The molecule has 1 amide bonds. The van der Waals surface area contributed by atoms with Crippen molar-refractivity contribution in [3.63, 3.8) is 0 Å². The maximum absolute atomic E-state index is 13.2. The summed E-state index contributed by atoms with van der Waals surface area (Å²) in [6.07, 6.45) is -2.94. The fraction of sp³-hybridized carbons (Fsp3) is 0.154. The lowest BCUT2D eigenvalue weighted by Crippen LogP contribution is -2.25. The fourth-order valence-corrected chi connectivity index (χ4v) is 4.05. The van der Waals surface area contributed by atoms with Gasteiger partial charge in [-0.25, -0.2) is 9.73 Å². The first-order chi connectivity index (χ1) is 17.3. The molecule has 0 aliphatic carbocycles. The summed E-state index contributed by atoms with van der Waals surface area (Å²) in [4.78, 5) is 29.4. The average Bonchev–Trinajstić information content (AvgIpc) is 3.30. The van der Waals surface area contributed by atoms with Crippen molar-refractivity contribution in [3.8, 4) is 11.3 Å². The number of hydrogen-bond acceptors (Lipinski definition) is 4. The van der Waals surface area contributed by atoms with E-state index in [0.29, 0.717) is 17.6 Å². The second-order valence-electron chi connectivity index (χ2n) is 8.29. The zero-order valence-corrected chi connectivity index (χ0v) is 18.8. The zero-order chi connectivity index (χ0) is 25.3. The number of rotatable bonds is 6. The molecule has 2 aromatic heterocycles. The molecule has 7 nitrogen and oxygen atoms in total. The maximum atomic E-state index is 13.2. The zero-order valence-electron chi connectivity index (χ0n) is 18.8. The van der Waals surface area contributed by atoms with E-state index in [9.17, 15) is 22.8 Å². The van der Waals surface area contributed by atoms with Crippen LogP contribution in [0.15, 0.2) is 77.6 Å². The van der Waals surface area contributed by atoms with Crippen LogP contribution in [0.2, 0.25) is 0 Å². The van der Waals surface area contributed by atoms with Gasteiger partial charge >= 0.3 is 6.18 Å². The molecular formula is C26H20F3N5O2. The van der Waals surface area contributed by atoms with Crippen LogP contribution in [0.1, 0.15) is 27.9 Å². The average molecular weight is 491 g/mol. The summed E-state index contributed by atoms with van der Waals surface area (Å²) in [6.45, 7) is 0.473. The molecule has 0 saturated carbocycles. The van der Waals surface area contributed by atoms with Gasteiger partial charge in [-0.2, -0.15) is 23.3 Å². The van der Waals surface area contributed by atoms with Gasteiger partial charge in [-0.15, -0.1) is 0 Å². The van der Waals surface area contributed by atoms with Gasteiger partial charge in [0, 0.05) is 17.7 Å². The van der Waals surface area contributed by atoms with Gasteiger partial charge in [0.2, 0.25) is 0 Å². The number of alkyl halides is 3. The van der Waals surface area contributed by atoms with E-state index in [-0.39, 0.29) is 28.2 Å². The lowest BCUT2D eigenvalue weighted by atomic mass is 10.1. The van der Waals surface area contributed by atoms with Crippen LogP contribution in [0.4, 0.5) is 13.2 Å². The van der Waals surface area contributed by atoms with Crippen LogP contribution in [-0.2, 0) is 12.6 Å². The Morgan fingerprint density at radius 3 is 2.58 bits per heavy atom. The van der Waals surface area contributed by atoms with E-state index in [1.807, 2.05) is 30.3 Å². The van der Waals surface area contributed by atoms with Gasteiger partial charge in [-0.3, -0.25) is 9.59 Å². The molecule has 0 atom stereocenters. The van der Waals surface area contributed by atoms with Crippen LogP contribution in [-0.4, -0.2) is 32.3 Å². The van der Waals surface area contributed by atoms with E-state index in [1.54, 1.807) is 0 Å². The van der Waals surface area contributed by atoms with Crippen molar-refractivity contribution in [1.82, 2.24) is 25.1 Å². The van der Waals surface area contributed by atoms with Crippen molar-refractivity contribution < 1.29 is 18.0 Å². The third-order valence-electron chi connectivity index (χ3n) is 5.86. The molecule has 0 fully saturated rings. The summed E-state index contributed by atoms with van der Waals surface area (Å²) in [5.74, 6) is -0.305. The van der Waals surface area contributed by atoms with Gasteiger partial charge in [0.15, 0.2) is 5.65 Å². The van der Waals surface area contributed by atoms with E-state index in [0.717, 1.165) is 25.0 Å². The van der Waals surface area contributed by atoms with Crippen LogP contribution in [0.3, 0.4) is 0 Å². The summed E-state index contributed by atoms with van der Waals surface area (Å²) >= 11 is 0. The van der Waals surface area contributed by atoms with Crippen molar-refractivity contribution in [3.05, 3.63) is 99.8 Å². The molecule has 2 heterocycles. The molecule has 36 heavy (non-hydrogen) atoms. The number of halogens is 3. The number of benzene rings is 3. The van der Waals surface area contributed by atoms with Crippen molar-refractivity contribution in [2.24, 2.45) is 0 Å². The largest absolute Gasteiger partial charge is 0.416 e. The van der Waals surface area contributed by atoms with Gasteiger partial charge in [0.1, 0.15) is 5.69 Å². The number of amides is 1. The van der Waals surface area contributed by atoms with E-state index in [4.69, 9.17) is 0 Å². The Morgan fingerprint density at radius 2 is 1.81 bits per heavy atom. The first-order valence-electron chi connectivity index (χ1n) is 11.2. The summed E-state index contributed by atoms with van der Waals surface area (Å²) in [5.41, 5.74) is 0.752. The minimum atomic E-state index is -4.53. The van der Waals surface area contributed by atoms with Gasteiger partial charge < -0.3 is 5.32 Å². The maximum Gasteiger partial charge on any atom is 0.416 e. The minimum Gasteiger partial charge on any atom is -0.352 e. The number of aromatic nitrogens is 4. The fourth-order valence-electron chi connectivity index (χ4n) is 4.05. The summed E-state index contributed by atoms with van der Waals surface area (Å²) < 4.78 is 40.9. The highest BCUT2D eigenvalue weighted by atomic mass is 19.4. The van der Waals surface area contributed by atoms with Gasteiger partial charge in [0.25, 0.3) is 11.5 Å². The number of fused-ring (bicyclic) bond motifs is 3. The van der Waals surface area contributed by atoms with Crippen LogP contribution in [0, 0.1) is 0 Å². The second-order valence-corrected chi connectivity index (χ2v) is 8.29. The molecule has 0 spiro atoms. The highest BCUT2D eigenvalue weighted by Gasteiger charge is 2.31. The Morgan fingerprint density at radius 1 is 1.00 bits per heavy atom. The number of hydrogen-bond donors (Lipinski definition) is 2. The second kappa shape index (κ2) is 9.29. The van der Waals surface area contributed by atoms with Crippen LogP contribution < -0.4 is 10.9 Å². The molecule has 3 aromatic carbocycles. The molecule has 0 unspecified atom stereocenters. The van der Waals surface area contributed by atoms with E-state index >= 15 is 0 Å². The predicted molar refractivity (Wildman–Crippen MR) is 129 cm³/mol. The van der Waals surface area contributed by atoms with E-state index < -0.39 is 17.3 Å². The van der Waals surface area contributed by atoms with Crippen LogP contribution in [0.25, 0.3) is 27.8 Å². The molecule has 0 saturated heterocycles. The minimum absolute atomic E-state index is 0.0623. The van der Waals surface area contributed by atoms with Gasteiger partial charge in [-0.1, -0.05) is 42.5 Å². The molecule has 5 rings (SSSR count). The molecular weight excluding hydrogens is 471 g/mol. The van der Waals surface area contributed by atoms with Gasteiger partial charge in [0.05, 0.1) is 16.5 Å². The first kappa shape index (κ1) is 23.3. The Bertz CT molecular complexity index is 1620. The number of aromatic amines is 1. The predicted octanol–water partition coefficient (Wildman–Crippen LogP) is 4.62. The Balaban J connectivity index is 1.44. The summed E-state index contributed by atoms with van der Waals surface area (Å²) in [6, 6.07) is 19.1. The standard InChI is InChI=1S/C26H20F3N5O2/c27-26(28,29)19-10-4-9-17(14-19)22-23-31-25(36)20-12-11-18(15-21(20)34(23)33-32-22)24(35)30-13-5-8-16-6-2-1-3-7-16/h1-4,6-7,9-12,14-15,33H,5,8,13H2,(H,30,35). The van der Waals surface area contributed by atoms with Crippen LogP contribution in [0.5, 0.6) is 0 Å². The Labute approximate surface area is 202 Å². The SMILES string of the molecule is O=C(NCCCc1ccccc1)c1ccc2c(=O)nc3c(-c4cccc(C(F)(F)F)c4)n[nH]n3c2c1. The number of H-pyrrole nitrogens is 1. The van der Waals surface area contributed by atoms with Crippen molar-refractivity contribution in [1.29, 1.82) is 0 Å². The van der Waals surface area contributed by atoms with Crippen molar-refractivity contribution >= 4 is 22.5 Å². The molecule has 2 N–H and O–H groups in total. The number of carbonyl (C=O) groups excluding carboxylic acids is 1. The monoisotopic (exact) mass is 491 g/mol. The topological polar surface area (TPSA) is 92.2 Å². The number of nitrogens with zero attached hydrogens (tertiary/aromatic N) is 3. The van der Waals surface area contributed by atoms with Gasteiger partial charge in [-0.05, 0) is 48.7 Å². The molecule has 0 aliphatic rings. The number of aryl methyl sites for hydroxylation is 1. The molecule has 10 heteroatoms. The Hall–Kier alpha value is -4.47. The molecule has 0 bridgehead atoms. The number of nitrogens with one attached hydrogen (secondary N) is 2. The molecule has 0 aliphatic heterocycles. The quantitative estimate of drug-likeness (QED) is 0.339. The first-order valence-corrected chi connectivity index (χ1v) is 11.2. The van der Waals surface area contributed by atoms with Crippen molar-refractivity contribution in [2.75, 3.05) is 6.54 Å². The third kappa shape index (κ3) is 4.57. The number of carbonyl (C=O) groups is 1. The molecule has 5 aromatic rings. The Kier molecular flexibility index (Phi) is 6.01. The molecule has 0 radical (unpaired) electrons.